The summed E-state index contributed by atoms with van der Waals surface area (Å²) in [5, 5.41) is 14.2. The maximum atomic E-state index is 11.7. The molecule has 18 heavy (non-hydrogen) atoms. The number of carbonyl (C=O) groups is 2. The van der Waals surface area contributed by atoms with Crippen LogP contribution in [-0.4, -0.2) is 16.7 Å². The predicted octanol–water partition coefficient (Wildman–Crippen LogP) is 1.63. The van der Waals surface area contributed by atoms with Crippen LogP contribution in [-0.2, 0) is 0 Å². The molecule has 1 N–H and O–H groups in total. The van der Waals surface area contributed by atoms with Gasteiger partial charge in [-0.15, -0.1) is 0 Å². The van der Waals surface area contributed by atoms with Crippen LogP contribution in [0.4, 0.5) is 5.69 Å². The molecule has 1 aliphatic rings. The molecule has 0 unspecified atom stereocenters. The second-order valence-electron chi connectivity index (χ2n) is 3.91. The Kier molecular flexibility index (Phi) is 1.94. The zero-order valence-corrected chi connectivity index (χ0v) is 8.97. The van der Waals surface area contributed by atoms with Crippen LogP contribution in [0.15, 0.2) is 30.3 Å². The summed E-state index contributed by atoms with van der Waals surface area (Å²) in [5.41, 5.74) is -0.402. The van der Waals surface area contributed by atoms with Crippen molar-refractivity contribution < 1.29 is 14.5 Å². The van der Waals surface area contributed by atoms with Gasteiger partial charge >= 0.3 is 0 Å². The first-order valence-electron chi connectivity index (χ1n) is 5.15. The number of hydrogen-bond acceptors (Lipinski definition) is 4. The van der Waals surface area contributed by atoms with E-state index in [0.717, 1.165) is 0 Å². The minimum Gasteiger partial charge on any atom is -0.288 e. The highest BCUT2D eigenvalue weighted by Crippen LogP contribution is 2.33. The molecule has 0 aromatic heterocycles. The summed E-state index contributed by atoms with van der Waals surface area (Å²) < 4.78 is 0. The molecule has 6 nitrogen and oxygen atoms in total. The van der Waals surface area contributed by atoms with Gasteiger partial charge in [0, 0.05) is 6.07 Å². The van der Waals surface area contributed by atoms with Gasteiger partial charge in [-0.25, -0.2) is 0 Å². The lowest BCUT2D eigenvalue weighted by Crippen LogP contribution is -2.20. The van der Waals surface area contributed by atoms with Gasteiger partial charge in [0.1, 0.15) is 5.56 Å². The second kappa shape index (κ2) is 3.36. The summed E-state index contributed by atoms with van der Waals surface area (Å²) in [5.74, 6) is -1.30. The number of nitrogens with one attached hydrogen (secondary N) is 1. The summed E-state index contributed by atoms with van der Waals surface area (Å²) in [7, 11) is 0. The molecule has 0 spiro atoms. The van der Waals surface area contributed by atoms with Gasteiger partial charge in [-0.2, -0.15) is 0 Å². The first-order chi connectivity index (χ1) is 8.59. The monoisotopic (exact) mass is 242 g/mol. The van der Waals surface area contributed by atoms with Crippen molar-refractivity contribution in [1.29, 1.82) is 0 Å². The molecule has 0 saturated heterocycles. The van der Waals surface area contributed by atoms with Crippen molar-refractivity contribution in [3.8, 4) is 0 Å². The number of carbonyl (C=O) groups excluding carboxylic acids is 2. The molecule has 0 aliphatic carbocycles. The average molecular weight is 242 g/mol. The van der Waals surface area contributed by atoms with E-state index in [4.69, 9.17) is 0 Å². The van der Waals surface area contributed by atoms with E-state index in [-0.39, 0.29) is 16.8 Å². The van der Waals surface area contributed by atoms with Crippen molar-refractivity contribution >= 4 is 28.3 Å². The van der Waals surface area contributed by atoms with Crippen LogP contribution >= 0.6 is 0 Å². The van der Waals surface area contributed by atoms with E-state index < -0.39 is 16.7 Å². The SMILES string of the molecule is O=C1NC(=O)c2c1c([N+](=O)[O-])cc1ccccc21. The molecule has 6 heteroatoms. The van der Waals surface area contributed by atoms with E-state index >= 15 is 0 Å². The molecule has 3 rings (SSSR count). The van der Waals surface area contributed by atoms with Crippen molar-refractivity contribution in [3.63, 3.8) is 0 Å². The van der Waals surface area contributed by atoms with Gasteiger partial charge in [0.05, 0.1) is 10.5 Å². The number of fused-ring (bicyclic) bond motifs is 3. The molecule has 1 aliphatic heterocycles. The Bertz CT molecular complexity index is 736. The predicted molar refractivity (Wildman–Crippen MR) is 62.4 cm³/mol. The van der Waals surface area contributed by atoms with E-state index in [0.29, 0.717) is 10.8 Å². The molecule has 0 fully saturated rings. The van der Waals surface area contributed by atoms with Gasteiger partial charge in [-0.05, 0) is 10.8 Å². The number of amides is 2. The Morgan fingerprint density at radius 3 is 2.44 bits per heavy atom. The summed E-state index contributed by atoms with van der Waals surface area (Å²) in [6.07, 6.45) is 0. The summed E-state index contributed by atoms with van der Waals surface area (Å²) >= 11 is 0. The van der Waals surface area contributed by atoms with Crippen molar-refractivity contribution in [2.75, 3.05) is 0 Å². The van der Waals surface area contributed by atoms with Crippen LogP contribution in [0.5, 0.6) is 0 Å². The first kappa shape index (κ1) is 10.4. The lowest BCUT2D eigenvalue weighted by Gasteiger charge is -2.03. The fourth-order valence-electron chi connectivity index (χ4n) is 2.17. The Morgan fingerprint density at radius 1 is 1.06 bits per heavy atom. The first-order valence-corrected chi connectivity index (χ1v) is 5.15. The lowest BCUT2D eigenvalue weighted by atomic mass is 9.99. The van der Waals surface area contributed by atoms with Crippen LogP contribution in [0.3, 0.4) is 0 Å². The summed E-state index contributed by atoms with van der Waals surface area (Å²) in [6.45, 7) is 0. The van der Waals surface area contributed by atoms with Crippen LogP contribution in [0.1, 0.15) is 20.7 Å². The second-order valence-corrected chi connectivity index (χ2v) is 3.91. The number of imide groups is 1. The normalized spacial score (nSPS) is 13.6. The maximum Gasteiger partial charge on any atom is 0.283 e. The zero-order chi connectivity index (χ0) is 12.9. The van der Waals surface area contributed by atoms with Gasteiger partial charge in [0.2, 0.25) is 0 Å². The van der Waals surface area contributed by atoms with Gasteiger partial charge in [-0.3, -0.25) is 25.0 Å². The molecule has 2 aromatic carbocycles. The van der Waals surface area contributed by atoms with E-state index in [1.807, 2.05) is 0 Å². The minimum absolute atomic E-state index is 0.0878. The molecule has 2 aromatic rings. The lowest BCUT2D eigenvalue weighted by molar-refractivity contribution is -0.385. The van der Waals surface area contributed by atoms with Gasteiger partial charge in [0.25, 0.3) is 17.5 Å². The van der Waals surface area contributed by atoms with E-state index in [1.54, 1.807) is 24.3 Å². The quantitative estimate of drug-likeness (QED) is 0.467. The van der Waals surface area contributed by atoms with Gasteiger partial charge in [0.15, 0.2) is 0 Å². The van der Waals surface area contributed by atoms with Gasteiger partial charge < -0.3 is 0 Å². The van der Waals surface area contributed by atoms with E-state index in [2.05, 4.69) is 5.32 Å². The van der Waals surface area contributed by atoms with Crippen LogP contribution < -0.4 is 5.32 Å². The van der Waals surface area contributed by atoms with Crippen molar-refractivity contribution in [2.24, 2.45) is 0 Å². The third-order valence-corrected chi connectivity index (χ3v) is 2.91. The van der Waals surface area contributed by atoms with Crippen LogP contribution in [0, 0.1) is 10.1 Å². The number of nitro benzene ring substituents is 1. The average Bonchev–Trinajstić information content (AvgIpc) is 2.64. The van der Waals surface area contributed by atoms with Crippen LogP contribution in [0.2, 0.25) is 0 Å². The third-order valence-electron chi connectivity index (χ3n) is 2.91. The number of nitro groups is 1. The number of benzene rings is 2. The summed E-state index contributed by atoms with van der Waals surface area (Å²) in [4.78, 5) is 33.6. The number of hydrogen-bond donors (Lipinski definition) is 1. The molecular weight excluding hydrogens is 236 g/mol. The fraction of sp³-hybridized carbons (Fsp3) is 0. The van der Waals surface area contributed by atoms with Crippen molar-refractivity contribution in [1.82, 2.24) is 5.32 Å². The molecular formula is C12H6N2O4. The summed E-state index contributed by atoms with van der Waals surface area (Å²) in [6, 6.07) is 8.07. The van der Waals surface area contributed by atoms with Gasteiger partial charge in [-0.1, -0.05) is 24.3 Å². The topological polar surface area (TPSA) is 89.3 Å². The molecule has 88 valence electrons. The highest BCUT2D eigenvalue weighted by atomic mass is 16.6. The van der Waals surface area contributed by atoms with Crippen LogP contribution in [0.25, 0.3) is 10.8 Å². The third kappa shape index (κ3) is 1.22. The standard InChI is InChI=1S/C12H6N2O4/c15-11-9-7-4-2-1-3-6(7)5-8(14(17)18)10(9)12(16)13-11/h1-5H,(H,13,15,16). The Balaban J connectivity index is 2.53. The molecule has 0 radical (unpaired) electrons. The number of rotatable bonds is 1. The highest BCUT2D eigenvalue weighted by molar-refractivity contribution is 6.28. The number of nitrogens with zero attached hydrogens (tertiary/aromatic N) is 1. The highest BCUT2D eigenvalue weighted by Gasteiger charge is 2.36. The van der Waals surface area contributed by atoms with E-state index in [9.17, 15) is 19.7 Å². The Hall–Kier alpha value is -2.76. The fourth-order valence-corrected chi connectivity index (χ4v) is 2.17. The van der Waals surface area contributed by atoms with E-state index in [1.165, 1.54) is 6.07 Å². The Morgan fingerprint density at radius 2 is 1.72 bits per heavy atom. The molecule has 2 amide bonds. The smallest absolute Gasteiger partial charge is 0.283 e. The van der Waals surface area contributed by atoms with Crippen molar-refractivity contribution in [2.45, 2.75) is 0 Å². The molecule has 0 saturated carbocycles. The molecule has 0 bridgehead atoms. The largest absolute Gasteiger partial charge is 0.288 e. The maximum absolute atomic E-state index is 11.7. The van der Waals surface area contributed by atoms with Crippen molar-refractivity contribution in [3.05, 3.63) is 51.6 Å². The molecule has 0 atom stereocenters. The Labute approximate surface area is 100 Å². The minimum atomic E-state index is -0.715. The zero-order valence-electron chi connectivity index (χ0n) is 8.97. The molecule has 1 heterocycles.